The molecule has 19 heteroatoms. The molecule has 0 aliphatic heterocycles. The van der Waals surface area contributed by atoms with Crippen molar-refractivity contribution >= 4 is 49.8 Å². The van der Waals surface area contributed by atoms with E-state index in [0.717, 1.165) is 72.1 Å². The fourth-order valence-corrected chi connectivity index (χ4v) is 6.02. The Kier molecular flexibility index (Phi) is 9.71. The van der Waals surface area contributed by atoms with Gasteiger partial charge in [0.2, 0.25) is 0 Å². The van der Waals surface area contributed by atoms with Crippen molar-refractivity contribution in [3.63, 3.8) is 0 Å². The first-order valence-corrected chi connectivity index (χ1v) is 14.2. The molecule has 3 aromatic carbocycles. The number of carbonyl (C=O) groups excluding carboxylic acids is 2. The fourth-order valence-electron chi connectivity index (χ4n) is 3.98. The molecular weight excluding hydrogens is 777 g/mol. The van der Waals surface area contributed by atoms with Crippen LogP contribution in [0.3, 0.4) is 0 Å². The zero-order chi connectivity index (χ0) is 34.5. The van der Waals surface area contributed by atoms with Gasteiger partial charge in [-0.3, -0.25) is 9.59 Å². The van der Waals surface area contributed by atoms with Crippen molar-refractivity contribution in [1.29, 1.82) is 0 Å². The highest BCUT2D eigenvalue weighted by Gasteiger charge is 2.73. The molecule has 0 saturated carbocycles. The average Bonchev–Trinajstić information content (AvgIpc) is 2.91. The molecule has 3 rings (SSSR count). The minimum atomic E-state index is -6.84. The van der Waals surface area contributed by atoms with Crippen LogP contribution in [-0.4, -0.2) is 45.0 Å². The molecule has 0 aliphatic carbocycles. The predicted molar refractivity (Wildman–Crippen MR) is 141 cm³/mol. The number of carbonyl (C=O) groups is 2. The molecule has 0 unspecified atom stereocenters. The molecule has 0 aliphatic rings. The molecule has 0 atom stereocenters. The van der Waals surface area contributed by atoms with E-state index < -0.39 is 100 Å². The summed E-state index contributed by atoms with van der Waals surface area (Å²) in [5, 5.41) is 0. The summed E-state index contributed by atoms with van der Waals surface area (Å²) in [5.41, 5.74) is -18.3. The Morgan fingerprint density at radius 3 is 1.84 bits per heavy atom. The van der Waals surface area contributed by atoms with Crippen molar-refractivity contribution in [2.75, 3.05) is 11.9 Å². The quantitative estimate of drug-likeness (QED) is 0.139. The Balaban J connectivity index is 2.18. The van der Waals surface area contributed by atoms with E-state index in [1.54, 1.807) is 0 Å². The van der Waals surface area contributed by atoms with Crippen LogP contribution in [0.4, 0.5) is 58.4 Å². The first kappa shape index (κ1) is 36.1. The van der Waals surface area contributed by atoms with Crippen LogP contribution < -0.4 is 4.90 Å². The van der Waals surface area contributed by atoms with E-state index in [-0.39, 0.29) is 11.6 Å². The molecule has 0 radical (unpaired) electrons. The Hall–Kier alpha value is -3.36. The molecule has 45 heavy (non-hydrogen) atoms. The van der Waals surface area contributed by atoms with Gasteiger partial charge in [0.1, 0.15) is 5.82 Å². The molecule has 0 fully saturated rings. The zero-order valence-electron chi connectivity index (χ0n) is 21.8. The lowest BCUT2D eigenvalue weighted by Crippen LogP contribution is -2.50. The normalized spacial score (nSPS) is 13.1. The van der Waals surface area contributed by atoms with Gasteiger partial charge < -0.3 is 4.90 Å². The third kappa shape index (κ3) is 6.63. The number of Topliss-reactive ketones (excluding diaryl/α,β-unsaturated/α-hetero) is 1. The smallest absolute Gasteiger partial charge is 0.309 e. The molecule has 1 amide bonds. The maximum absolute atomic E-state index is 15.4. The third-order valence-corrected chi connectivity index (χ3v) is 8.82. The lowest BCUT2D eigenvalue weighted by molar-refractivity contribution is -0.348. The summed E-state index contributed by atoms with van der Waals surface area (Å²) in [4.78, 5) is 24.1. The molecule has 0 bridgehead atoms. The molecule has 0 heterocycles. The molecular formula is C26H14F12INO4S. The topological polar surface area (TPSA) is 71.5 Å². The molecule has 0 saturated heterocycles. The summed E-state index contributed by atoms with van der Waals surface area (Å²) in [7, 11) is -5.81. The lowest BCUT2D eigenvalue weighted by Gasteiger charge is -2.31. The van der Waals surface area contributed by atoms with Crippen LogP contribution in [0.1, 0.15) is 31.8 Å². The minimum absolute atomic E-state index is 0.145. The van der Waals surface area contributed by atoms with Crippen LogP contribution in [0.15, 0.2) is 59.5 Å². The van der Waals surface area contributed by atoms with Gasteiger partial charge in [0.15, 0.2) is 11.6 Å². The standard InChI is InChI=1S/C26H14F12INO4S/c1-40(22(42)12-5-7-14(27)8-6-12)18-4-2-3-15(21(18)28)19(41)11-16-17(39)9-13(10-20(16)45(43,44)26(36,37)38)23(29,24(30,31)32)25(33,34)35/h2-10H,11H2,1H3. The summed E-state index contributed by atoms with van der Waals surface area (Å²) < 4.78 is 187. The molecule has 0 N–H and O–H groups in total. The average molecular weight is 791 g/mol. The summed E-state index contributed by atoms with van der Waals surface area (Å²) in [6, 6.07) is 5.55. The number of sulfone groups is 1. The van der Waals surface area contributed by atoms with Gasteiger partial charge in [-0.15, -0.1) is 0 Å². The van der Waals surface area contributed by atoms with E-state index in [2.05, 4.69) is 0 Å². The van der Waals surface area contributed by atoms with Crippen molar-refractivity contribution < 1.29 is 70.7 Å². The number of rotatable bonds is 7. The van der Waals surface area contributed by atoms with Gasteiger partial charge >= 0.3 is 23.5 Å². The Morgan fingerprint density at radius 2 is 1.36 bits per heavy atom. The van der Waals surface area contributed by atoms with Gasteiger partial charge in [0.05, 0.1) is 16.1 Å². The minimum Gasteiger partial charge on any atom is -0.309 e. The van der Waals surface area contributed by atoms with Crippen LogP contribution in [0, 0.1) is 15.2 Å². The number of ketones is 1. The SMILES string of the molecule is CN(C(=O)c1ccc(F)cc1)c1cccc(C(=O)Cc2c(I)cc(C(F)(C(F)(F)F)C(F)(F)F)cc2S(=O)(=O)C(F)(F)F)c1F. The molecule has 5 nitrogen and oxygen atoms in total. The van der Waals surface area contributed by atoms with Crippen LogP contribution in [0.2, 0.25) is 0 Å². The van der Waals surface area contributed by atoms with Crippen molar-refractivity contribution in [3.05, 3.63) is 92.1 Å². The van der Waals surface area contributed by atoms with Crippen molar-refractivity contribution in [1.82, 2.24) is 0 Å². The number of amides is 1. The van der Waals surface area contributed by atoms with Crippen molar-refractivity contribution in [3.8, 4) is 0 Å². The van der Waals surface area contributed by atoms with Crippen molar-refractivity contribution in [2.24, 2.45) is 0 Å². The Bertz CT molecular complexity index is 1740. The molecule has 3 aromatic rings. The van der Waals surface area contributed by atoms with Crippen LogP contribution in [0.5, 0.6) is 0 Å². The first-order chi connectivity index (χ1) is 20.4. The largest absolute Gasteiger partial charge is 0.501 e. The zero-order valence-corrected chi connectivity index (χ0v) is 24.8. The van der Waals surface area contributed by atoms with E-state index in [1.165, 1.54) is 0 Å². The van der Waals surface area contributed by atoms with Crippen LogP contribution >= 0.6 is 22.6 Å². The summed E-state index contributed by atoms with van der Waals surface area (Å²) in [5.74, 6) is -4.65. The second-order valence-electron chi connectivity index (χ2n) is 9.15. The lowest BCUT2D eigenvalue weighted by atomic mass is 9.92. The van der Waals surface area contributed by atoms with Gasteiger partial charge in [-0.25, -0.2) is 21.6 Å². The number of anilines is 1. The van der Waals surface area contributed by atoms with Gasteiger partial charge in [-0.05, 0) is 76.7 Å². The maximum atomic E-state index is 15.4. The predicted octanol–water partition coefficient (Wildman–Crippen LogP) is 7.85. The highest BCUT2D eigenvalue weighted by Crippen LogP contribution is 2.54. The van der Waals surface area contributed by atoms with E-state index >= 15 is 4.39 Å². The van der Waals surface area contributed by atoms with Crippen molar-refractivity contribution in [2.45, 2.75) is 34.8 Å². The van der Waals surface area contributed by atoms with Crippen LogP contribution in [-0.2, 0) is 21.9 Å². The van der Waals surface area contributed by atoms with Gasteiger partial charge in [-0.1, -0.05) is 6.07 Å². The second kappa shape index (κ2) is 12.1. The van der Waals surface area contributed by atoms with E-state index in [1.807, 2.05) is 0 Å². The number of halogens is 13. The van der Waals surface area contributed by atoms with E-state index in [9.17, 15) is 66.3 Å². The highest BCUT2D eigenvalue weighted by atomic mass is 127. The Labute approximate surface area is 258 Å². The highest BCUT2D eigenvalue weighted by molar-refractivity contribution is 14.1. The number of benzene rings is 3. The molecule has 0 aromatic heterocycles. The van der Waals surface area contributed by atoms with Crippen LogP contribution in [0.25, 0.3) is 0 Å². The number of hydrogen-bond donors (Lipinski definition) is 0. The van der Waals surface area contributed by atoms with Gasteiger partial charge in [-0.2, -0.15) is 39.5 Å². The summed E-state index contributed by atoms with van der Waals surface area (Å²) in [6.45, 7) is 0. The summed E-state index contributed by atoms with van der Waals surface area (Å²) in [6.07, 6.45) is -15.2. The number of nitrogens with zero attached hydrogens (tertiary/aromatic N) is 1. The summed E-state index contributed by atoms with van der Waals surface area (Å²) >= 11 is 0.814. The van der Waals surface area contributed by atoms with Gasteiger partial charge in [0.25, 0.3) is 15.7 Å². The molecule has 0 spiro atoms. The molecule has 244 valence electrons. The first-order valence-electron chi connectivity index (χ1n) is 11.7. The fraction of sp³-hybridized carbons (Fsp3) is 0.231. The monoisotopic (exact) mass is 791 g/mol. The van der Waals surface area contributed by atoms with Gasteiger partial charge in [0, 0.05) is 28.2 Å². The number of hydrogen-bond acceptors (Lipinski definition) is 4. The number of alkyl halides is 10. The Morgan fingerprint density at radius 1 is 0.822 bits per heavy atom. The van der Waals surface area contributed by atoms with E-state index in [4.69, 9.17) is 0 Å². The third-order valence-electron chi connectivity index (χ3n) is 6.30. The van der Waals surface area contributed by atoms with E-state index in [0.29, 0.717) is 4.90 Å². The second-order valence-corrected chi connectivity index (χ2v) is 12.2. The maximum Gasteiger partial charge on any atom is 0.501 e.